The Kier molecular flexibility index (Phi) is 7.75. The average Bonchev–Trinajstić information content (AvgIpc) is 3.46. The number of nitrogens with one attached hydrogen (secondary N) is 2. The van der Waals surface area contributed by atoms with Crippen LogP contribution in [0.25, 0.3) is 0 Å². The zero-order chi connectivity index (χ0) is 18.9. The van der Waals surface area contributed by atoms with Crippen molar-refractivity contribution in [3.05, 3.63) is 29.8 Å². The van der Waals surface area contributed by atoms with Crippen LogP contribution in [-0.2, 0) is 11.3 Å². The van der Waals surface area contributed by atoms with Crippen LogP contribution in [0.15, 0.2) is 29.3 Å². The Labute approximate surface area is 157 Å². The molecule has 0 saturated heterocycles. The normalized spacial score (nSPS) is 15.3. The van der Waals surface area contributed by atoms with E-state index in [9.17, 15) is 4.79 Å². The molecule has 1 aromatic carbocycles. The Bertz CT molecular complexity index is 612. The van der Waals surface area contributed by atoms with Crippen LogP contribution in [0.2, 0.25) is 0 Å². The molecule has 0 radical (unpaired) electrons. The molecule has 1 fully saturated rings. The molecule has 1 saturated carbocycles. The van der Waals surface area contributed by atoms with Crippen LogP contribution >= 0.6 is 0 Å². The van der Waals surface area contributed by atoms with Crippen LogP contribution in [0.3, 0.4) is 0 Å². The Morgan fingerprint density at radius 1 is 1.35 bits per heavy atom. The number of carbonyl (C=O) groups excluding carboxylic acids is 1. The second kappa shape index (κ2) is 10.0. The van der Waals surface area contributed by atoms with Crippen molar-refractivity contribution < 1.29 is 9.53 Å². The third-order valence-corrected chi connectivity index (χ3v) is 4.45. The summed E-state index contributed by atoms with van der Waals surface area (Å²) in [6.07, 6.45) is 3.52. The molecule has 1 amide bonds. The number of para-hydroxylation sites is 1. The van der Waals surface area contributed by atoms with Gasteiger partial charge >= 0.3 is 0 Å². The van der Waals surface area contributed by atoms with E-state index in [4.69, 9.17) is 4.74 Å². The molecule has 26 heavy (non-hydrogen) atoms. The summed E-state index contributed by atoms with van der Waals surface area (Å²) >= 11 is 0. The van der Waals surface area contributed by atoms with Gasteiger partial charge in [0, 0.05) is 25.7 Å². The van der Waals surface area contributed by atoms with E-state index in [1.807, 2.05) is 24.3 Å². The topological polar surface area (TPSA) is 66.0 Å². The van der Waals surface area contributed by atoms with Crippen molar-refractivity contribution >= 4 is 11.9 Å². The van der Waals surface area contributed by atoms with Gasteiger partial charge in [0.15, 0.2) is 5.96 Å². The smallest absolute Gasteiger partial charge is 0.241 e. The second-order valence-corrected chi connectivity index (χ2v) is 7.12. The quantitative estimate of drug-likeness (QED) is 0.524. The van der Waals surface area contributed by atoms with Gasteiger partial charge in [-0.1, -0.05) is 25.1 Å². The summed E-state index contributed by atoms with van der Waals surface area (Å²) in [5, 5.41) is 6.46. The summed E-state index contributed by atoms with van der Waals surface area (Å²) < 4.78 is 5.95. The highest BCUT2D eigenvalue weighted by atomic mass is 16.5. The molecular weight excluding hydrogens is 328 g/mol. The van der Waals surface area contributed by atoms with E-state index >= 15 is 0 Å². The number of ether oxygens (including phenoxy) is 1. The summed E-state index contributed by atoms with van der Waals surface area (Å²) in [6.45, 7) is 5.71. The van der Waals surface area contributed by atoms with E-state index in [1.54, 1.807) is 19.0 Å². The summed E-state index contributed by atoms with van der Waals surface area (Å²) in [4.78, 5) is 18.1. The number of amides is 1. The predicted molar refractivity (Wildman–Crippen MR) is 105 cm³/mol. The molecule has 6 nitrogen and oxygen atoms in total. The van der Waals surface area contributed by atoms with Crippen LogP contribution < -0.4 is 15.4 Å². The molecule has 1 unspecified atom stereocenters. The summed E-state index contributed by atoms with van der Waals surface area (Å²) in [5.74, 6) is 2.27. The number of rotatable bonds is 9. The highest BCUT2D eigenvalue weighted by Crippen LogP contribution is 2.30. The summed E-state index contributed by atoms with van der Waals surface area (Å²) in [5.41, 5.74) is 1.05. The zero-order valence-corrected chi connectivity index (χ0v) is 16.4. The van der Waals surface area contributed by atoms with Gasteiger partial charge in [0.25, 0.3) is 0 Å². The molecule has 0 bridgehead atoms. The molecule has 1 atom stereocenters. The standard InChI is InChI=1S/C20H32N4O2/c1-5-15(2)23-20(22-13-19(25)24(3)4)21-12-17-8-6-7-9-18(17)26-14-16-10-11-16/h6-9,15-16H,5,10-14H2,1-4H3,(H2,21,22,23). The average molecular weight is 361 g/mol. The van der Waals surface area contributed by atoms with Crippen molar-refractivity contribution in [3.8, 4) is 5.75 Å². The van der Waals surface area contributed by atoms with Crippen LogP contribution in [0.1, 0.15) is 38.7 Å². The van der Waals surface area contributed by atoms with E-state index in [1.165, 1.54) is 12.8 Å². The van der Waals surface area contributed by atoms with Gasteiger partial charge in [0.1, 0.15) is 5.75 Å². The molecule has 144 valence electrons. The predicted octanol–water partition coefficient (Wildman–Crippen LogP) is 2.40. The van der Waals surface area contributed by atoms with Crippen LogP contribution in [0.4, 0.5) is 0 Å². The first-order valence-electron chi connectivity index (χ1n) is 9.45. The maximum Gasteiger partial charge on any atom is 0.241 e. The lowest BCUT2D eigenvalue weighted by Crippen LogP contribution is -2.45. The molecule has 1 aromatic rings. The first-order chi connectivity index (χ1) is 12.5. The number of hydrogen-bond acceptors (Lipinski definition) is 3. The SMILES string of the molecule is CCC(C)NC(=NCc1ccccc1OCC1CC1)NCC(=O)N(C)C. The molecule has 0 aliphatic heterocycles. The zero-order valence-electron chi connectivity index (χ0n) is 16.4. The first kappa shape index (κ1) is 20.1. The van der Waals surface area contributed by atoms with E-state index in [2.05, 4.69) is 29.5 Å². The number of hydrogen-bond donors (Lipinski definition) is 2. The van der Waals surface area contributed by atoms with E-state index in [-0.39, 0.29) is 18.5 Å². The lowest BCUT2D eigenvalue weighted by atomic mass is 10.2. The van der Waals surface area contributed by atoms with E-state index in [0.717, 1.165) is 24.3 Å². The van der Waals surface area contributed by atoms with Gasteiger partial charge in [-0.15, -0.1) is 0 Å². The third-order valence-electron chi connectivity index (χ3n) is 4.45. The minimum Gasteiger partial charge on any atom is -0.493 e. The second-order valence-electron chi connectivity index (χ2n) is 7.12. The van der Waals surface area contributed by atoms with Crippen molar-refractivity contribution in [1.29, 1.82) is 0 Å². The fraction of sp³-hybridized carbons (Fsp3) is 0.600. The monoisotopic (exact) mass is 360 g/mol. The Balaban J connectivity index is 2.01. The van der Waals surface area contributed by atoms with Crippen molar-refractivity contribution in [2.75, 3.05) is 27.2 Å². The number of aliphatic imine (C=N–C) groups is 1. The minimum absolute atomic E-state index is 0.0109. The molecule has 0 heterocycles. The summed E-state index contributed by atoms with van der Waals surface area (Å²) in [7, 11) is 3.49. The number of guanidine groups is 1. The Morgan fingerprint density at radius 3 is 2.73 bits per heavy atom. The van der Waals surface area contributed by atoms with Crippen molar-refractivity contribution in [1.82, 2.24) is 15.5 Å². The minimum atomic E-state index is 0.0109. The van der Waals surface area contributed by atoms with Crippen LogP contribution in [0, 0.1) is 5.92 Å². The highest BCUT2D eigenvalue weighted by Gasteiger charge is 2.22. The molecule has 1 aliphatic carbocycles. The van der Waals surface area contributed by atoms with Crippen LogP contribution in [0.5, 0.6) is 5.75 Å². The number of likely N-dealkylation sites (N-methyl/N-ethyl adjacent to an activating group) is 1. The van der Waals surface area contributed by atoms with E-state index < -0.39 is 0 Å². The molecule has 0 aromatic heterocycles. The fourth-order valence-corrected chi connectivity index (χ4v) is 2.24. The van der Waals surface area contributed by atoms with Crippen molar-refractivity contribution in [2.45, 2.75) is 45.7 Å². The van der Waals surface area contributed by atoms with Gasteiger partial charge < -0.3 is 20.3 Å². The lowest BCUT2D eigenvalue weighted by molar-refractivity contribution is -0.127. The number of benzene rings is 1. The van der Waals surface area contributed by atoms with Gasteiger partial charge in [-0.3, -0.25) is 4.79 Å². The molecule has 2 rings (SSSR count). The van der Waals surface area contributed by atoms with E-state index in [0.29, 0.717) is 18.4 Å². The largest absolute Gasteiger partial charge is 0.493 e. The molecule has 2 N–H and O–H groups in total. The van der Waals surface area contributed by atoms with Gasteiger partial charge in [0.2, 0.25) is 5.91 Å². The fourth-order valence-electron chi connectivity index (χ4n) is 2.24. The third kappa shape index (κ3) is 6.94. The number of carbonyl (C=O) groups is 1. The number of nitrogens with zero attached hydrogens (tertiary/aromatic N) is 2. The molecule has 0 spiro atoms. The van der Waals surface area contributed by atoms with Crippen LogP contribution in [-0.4, -0.2) is 50.1 Å². The Morgan fingerprint density at radius 2 is 2.08 bits per heavy atom. The maximum atomic E-state index is 11.8. The summed E-state index contributed by atoms with van der Waals surface area (Å²) in [6, 6.07) is 8.30. The highest BCUT2D eigenvalue weighted by molar-refractivity contribution is 5.86. The first-order valence-corrected chi connectivity index (χ1v) is 9.45. The maximum absolute atomic E-state index is 11.8. The van der Waals surface area contributed by atoms with Gasteiger partial charge in [-0.25, -0.2) is 4.99 Å². The van der Waals surface area contributed by atoms with Gasteiger partial charge in [-0.05, 0) is 38.2 Å². The van der Waals surface area contributed by atoms with Gasteiger partial charge in [0.05, 0.1) is 19.7 Å². The molecule has 1 aliphatic rings. The van der Waals surface area contributed by atoms with Gasteiger partial charge in [-0.2, -0.15) is 0 Å². The van der Waals surface area contributed by atoms with Crippen molar-refractivity contribution in [2.24, 2.45) is 10.9 Å². The lowest BCUT2D eigenvalue weighted by Gasteiger charge is -2.18. The molecular formula is C20H32N4O2. The van der Waals surface area contributed by atoms with Crippen molar-refractivity contribution in [3.63, 3.8) is 0 Å². The Hall–Kier alpha value is -2.24. The molecule has 6 heteroatoms.